The summed E-state index contributed by atoms with van der Waals surface area (Å²) >= 11 is 0. The van der Waals surface area contributed by atoms with Crippen molar-refractivity contribution in [3.63, 3.8) is 0 Å². The first-order valence-corrected chi connectivity index (χ1v) is 9.18. The molecule has 1 aliphatic heterocycles. The van der Waals surface area contributed by atoms with Crippen LogP contribution in [0.5, 0.6) is 0 Å². The van der Waals surface area contributed by atoms with Crippen molar-refractivity contribution in [2.75, 3.05) is 0 Å². The minimum atomic E-state index is -1.60. The number of ether oxygens (including phenoxy) is 1. The lowest BCUT2D eigenvalue weighted by molar-refractivity contribution is -0.278. The Bertz CT molecular complexity index is 917. The first-order chi connectivity index (χ1) is 13.7. The molecule has 1 unspecified atom stereocenters. The molecule has 0 spiro atoms. The maximum absolute atomic E-state index is 12.8. The summed E-state index contributed by atoms with van der Waals surface area (Å²) in [5.74, 6) is -1.60. The van der Waals surface area contributed by atoms with Crippen LogP contribution in [0.3, 0.4) is 0 Å². The Kier molecular flexibility index (Phi) is 5.10. The fraction of sp³-hybridized carbons (Fsp3) is 0.174. The van der Waals surface area contributed by atoms with Crippen LogP contribution >= 0.6 is 0 Å². The zero-order chi connectivity index (χ0) is 19.4. The van der Waals surface area contributed by atoms with Crippen molar-refractivity contribution in [1.29, 1.82) is 0 Å². The summed E-state index contributed by atoms with van der Waals surface area (Å²) in [6.45, 7) is 0.130. The Morgan fingerprint density at radius 3 is 2.18 bits per heavy atom. The standard InChI is InChI=1S/C23H21NO4/c25-22(27-17-18-10-4-1-5-11-18)24-21(19-12-6-2-7-13-19)16-23(26,28-24)20-14-8-3-9-15-20/h1-15,21,26H,16-17H2/t21?,23-/m1/s1. The highest BCUT2D eigenvalue weighted by molar-refractivity contribution is 5.67. The molecule has 1 heterocycles. The van der Waals surface area contributed by atoms with Crippen LogP contribution in [0.1, 0.15) is 29.2 Å². The van der Waals surface area contributed by atoms with Gasteiger partial charge in [0.2, 0.25) is 5.79 Å². The number of nitrogens with zero attached hydrogens (tertiary/aromatic N) is 1. The molecule has 1 amide bonds. The number of hydrogen-bond donors (Lipinski definition) is 1. The summed E-state index contributed by atoms with van der Waals surface area (Å²) in [4.78, 5) is 18.6. The number of carbonyl (C=O) groups is 1. The molecule has 0 bridgehead atoms. The first-order valence-electron chi connectivity index (χ1n) is 9.18. The van der Waals surface area contributed by atoms with E-state index in [9.17, 15) is 9.90 Å². The van der Waals surface area contributed by atoms with Gasteiger partial charge in [-0.25, -0.2) is 9.63 Å². The van der Waals surface area contributed by atoms with E-state index in [1.807, 2.05) is 78.9 Å². The van der Waals surface area contributed by atoms with Crippen LogP contribution in [0.25, 0.3) is 0 Å². The average molecular weight is 375 g/mol. The number of hydroxylamine groups is 2. The van der Waals surface area contributed by atoms with Gasteiger partial charge in [-0.3, -0.25) is 0 Å². The van der Waals surface area contributed by atoms with Crippen LogP contribution in [0.15, 0.2) is 91.0 Å². The highest BCUT2D eigenvalue weighted by atomic mass is 16.8. The molecule has 1 aliphatic rings. The zero-order valence-corrected chi connectivity index (χ0v) is 15.3. The molecular formula is C23H21NO4. The molecule has 2 atom stereocenters. The summed E-state index contributed by atoms with van der Waals surface area (Å²) in [7, 11) is 0. The van der Waals surface area contributed by atoms with Crippen LogP contribution in [0, 0.1) is 0 Å². The normalized spacial score (nSPS) is 21.5. The molecule has 1 N–H and O–H groups in total. The van der Waals surface area contributed by atoms with E-state index in [4.69, 9.17) is 9.57 Å². The lowest BCUT2D eigenvalue weighted by atomic mass is 9.95. The van der Waals surface area contributed by atoms with Crippen LogP contribution in [-0.2, 0) is 22.0 Å². The van der Waals surface area contributed by atoms with Gasteiger partial charge in [0.1, 0.15) is 6.61 Å². The van der Waals surface area contributed by atoms with Crippen molar-refractivity contribution in [3.8, 4) is 0 Å². The van der Waals surface area contributed by atoms with Crippen molar-refractivity contribution < 1.29 is 19.5 Å². The second-order valence-corrected chi connectivity index (χ2v) is 6.74. The summed E-state index contributed by atoms with van der Waals surface area (Å²) in [6.07, 6.45) is -0.425. The smallest absolute Gasteiger partial charge is 0.435 e. The number of carbonyl (C=O) groups excluding carboxylic acids is 1. The van der Waals surface area contributed by atoms with E-state index in [0.29, 0.717) is 5.56 Å². The van der Waals surface area contributed by atoms with Gasteiger partial charge in [-0.1, -0.05) is 91.0 Å². The molecule has 0 saturated carbocycles. The number of rotatable bonds is 4. The van der Waals surface area contributed by atoms with Crippen LogP contribution in [0.4, 0.5) is 4.79 Å². The summed E-state index contributed by atoms with van der Waals surface area (Å²) in [6, 6.07) is 27.5. The molecular weight excluding hydrogens is 354 g/mol. The monoisotopic (exact) mass is 375 g/mol. The molecule has 0 aliphatic carbocycles. The fourth-order valence-corrected chi connectivity index (χ4v) is 3.35. The maximum Gasteiger partial charge on any atom is 0.435 e. The molecule has 4 rings (SSSR count). The summed E-state index contributed by atoms with van der Waals surface area (Å²) in [5.41, 5.74) is 2.34. The predicted molar refractivity (Wildman–Crippen MR) is 104 cm³/mol. The molecule has 0 radical (unpaired) electrons. The van der Waals surface area contributed by atoms with Crippen molar-refractivity contribution in [2.24, 2.45) is 0 Å². The third-order valence-corrected chi connectivity index (χ3v) is 4.80. The van der Waals surface area contributed by atoms with Crippen molar-refractivity contribution in [2.45, 2.75) is 24.9 Å². The molecule has 5 heteroatoms. The topological polar surface area (TPSA) is 59.0 Å². The van der Waals surface area contributed by atoms with Gasteiger partial charge in [0.05, 0.1) is 6.04 Å². The van der Waals surface area contributed by atoms with Crippen LogP contribution in [0.2, 0.25) is 0 Å². The molecule has 3 aromatic rings. The lowest BCUT2D eigenvalue weighted by Crippen LogP contribution is -2.33. The van der Waals surface area contributed by atoms with E-state index in [2.05, 4.69) is 0 Å². The number of amides is 1. The van der Waals surface area contributed by atoms with Gasteiger partial charge >= 0.3 is 6.09 Å². The highest BCUT2D eigenvalue weighted by Gasteiger charge is 2.49. The van der Waals surface area contributed by atoms with Gasteiger partial charge in [-0.05, 0) is 11.1 Å². The highest BCUT2D eigenvalue weighted by Crippen LogP contribution is 2.44. The Balaban J connectivity index is 1.58. The van der Waals surface area contributed by atoms with Gasteiger partial charge in [0.25, 0.3) is 0 Å². The molecule has 1 saturated heterocycles. The predicted octanol–water partition coefficient (Wildman–Crippen LogP) is 4.55. The van der Waals surface area contributed by atoms with Gasteiger partial charge in [0, 0.05) is 12.0 Å². The number of benzene rings is 3. The Hall–Kier alpha value is -3.15. The minimum absolute atomic E-state index is 0.130. The lowest BCUT2D eigenvalue weighted by Gasteiger charge is -2.24. The Labute approximate surface area is 163 Å². The molecule has 3 aromatic carbocycles. The third kappa shape index (κ3) is 3.76. The molecule has 0 aromatic heterocycles. The fourth-order valence-electron chi connectivity index (χ4n) is 3.35. The SMILES string of the molecule is O=C(OCc1ccccc1)N1O[C@@](O)(c2ccccc2)CC1c1ccccc1. The summed E-state index contributed by atoms with van der Waals surface area (Å²) in [5, 5.41) is 12.3. The van der Waals surface area contributed by atoms with Crippen molar-refractivity contribution in [3.05, 3.63) is 108 Å². The van der Waals surface area contributed by atoms with Crippen LogP contribution < -0.4 is 0 Å². The number of hydrogen-bond acceptors (Lipinski definition) is 4. The Morgan fingerprint density at radius 1 is 0.964 bits per heavy atom. The largest absolute Gasteiger partial charge is 0.443 e. The minimum Gasteiger partial charge on any atom is -0.443 e. The average Bonchev–Trinajstić information content (AvgIpc) is 3.13. The Morgan fingerprint density at radius 2 is 1.54 bits per heavy atom. The molecule has 5 nitrogen and oxygen atoms in total. The van der Waals surface area contributed by atoms with E-state index in [0.717, 1.165) is 16.2 Å². The van der Waals surface area contributed by atoms with Crippen LogP contribution in [-0.4, -0.2) is 16.3 Å². The molecule has 28 heavy (non-hydrogen) atoms. The van der Waals surface area contributed by atoms with Gasteiger partial charge in [-0.2, -0.15) is 5.06 Å². The van der Waals surface area contributed by atoms with Gasteiger partial charge in [0.15, 0.2) is 0 Å². The van der Waals surface area contributed by atoms with Crippen molar-refractivity contribution >= 4 is 6.09 Å². The van der Waals surface area contributed by atoms with E-state index in [1.54, 1.807) is 12.1 Å². The summed E-state index contributed by atoms with van der Waals surface area (Å²) < 4.78 is 5.44. The first kappa shape index (κ1) is 18.2. The van der Waals surface area contributed by atoms with E-state index in [-0.39, 0.29) is 13.0 Å². The molecule has 142 valence electrons. The second kappa shape index (κ2) is 7.84. The van der Waals surface area contributed by atoms with E-state index in [1.165, 1.54) is 0 Å². The number of aliphatic hydroxyl groups is 1. The van der Waals surface area contributed by atoms with E-state index < -0.39 is 17.9 Å². The third-order valence-electron chi connectivity index (χ3n) is 4.80. The zero-order valence-electron chi connectivity index (χ0n) is 15.3. The molecule has 1 fully saturated rings. The van der Waals surface area contributed by atoms with Gasteiger partial charge < -0.3 is 9.84 Å². The quantitative estimate of drug-likeness (QED) is 0.727. The van der Waals surface area contributed by atoms with E-state index >= 15 is 0 Å². The van der Waals surface area contributed by atoms with Gasteiger partial charge in [-0.15, -0.1) is 0 Å². The second-order valence-electron chi connectivity index (χ2n) is 6.74. The van der Waals surface area contributed by atoms with Crippen molar-refractivity contribution in [1.82, 2.24) is 5.06 Å². The maximum atomic E-state index is 12.8.